The van der Waals surface area contributed by atoms with Crippen molar-refractivity contribution >= 4 is 27.3 Å². The van der Waals surface area contributed by atoms with E-state index in [4.69, 9.17) is 0 Å². The van der Waals surface area contributed by atoms with Crippen molar-refractivity contribution in [1.29, 1.82) is 0 Å². The molecule has 4 rings (SSSR count). The van der Waals surface area contributed by atoms with Crippen molar-refractivity contribution in [2.75, 3.05) is 10.0 Å². The summed E-state index contributed by atoms with van der Waals surface area (Å²) < 4.78 is 30.1. The largest absolute Gasteiger partial charge is 0.321 e. The Kier molecular flexibility index (Phi) is 5.74. The number of rotatable bonds is 6. The summed E-state index contributed by atoms with van der Waals surface area (Å²) in [5, 5.41) is 2.77. The fraction of sp³-hybridized carbons (Fsp3) is 0.0870. The molecule has 0 spiro atoms. The number of sulfonamides is 1. The minimum atomic E-state index is -3.86. The number of amides is 1. The number of carbonyl (C=O) groups is 1. The van der Waals surface area contributed by atoms with E-state index < -0.39 is 15.9 Å². The number of hydrogen-bond acceptors (Lipinski definition) is 5. The molecule has 162 valence electrons. The maximum absolute atomic E-state index is 12.9. The van der Waals surface area contributed by atoms with E-state index in [1.165, 1.54) is 18.3 Å². The van der Waals surface area contributed by atoms with Gasteiger partial charge in [0.15, 0.2) is 0 Å². The van der Waals surface area contributed by atoms with Crippen molar-refractivity contribution in [3.05, 3.63) is 96.2 Å². The third-order valence-electron chi connectivity index (χ3n) is 4.93. The van der Waals surface area contributed by atoms with Gasteiger partial charge in [0, 0.05) is 18.0 Å². The Morgan fingerprint density at radius 2 is 1.81 bits per heavy atom. The lowest BCUT2D eigenvalue weighted by Gasteiger charge is -2.13. The second kappa shape index (κ2) is 8.64. The Bertz CT molecular complexity index is 1370. The predicted molar refractivity (Wildman–Crippen MR) is 122 cm³/mol. The summed E-state index contributed by atoms with van der Waals surface area (Å²) in [5.74, 6) is 0.236. The summed E-state index contributed by atoms with van der Waals surface area (Å²) in [6.45, 7) is 3.57. The molecule has 1 amide bonds. The maximum atomic E-state index is 12.9. The van der Waals surface area contributed by atoms with E-state index in [0.717, 1.165) is 5.56 Å². The monoisotopic (exact) mass is 447 g/mol. The van der Waals surface area contributed by atoms with Gasteiger partial charge in [-0.05, 0) is 55.3 Å². The summed E-state index contributed by atoms with van der Waals surface area (Å²) in [6.07, 6.45) is 6.57. The van der Waals surface area contributed by atoms with Crippen LogP contribution >= 0.6 is 0 Å². The van der Waals surface area contributed by atoms with E-state index in [9.17, 15) is 13.2 Å². The third kappa shape index (κ3) is 4.52. The molecule has 2 heterocycles. The topological polar surface area (TPSA) is 106 Å². The first-order chi connectivity index (χ1) is 15.3. The molecule has 0 radical (unpaired) electrons. The number of imidazole rings is 1. The SMILES string of the molecule is Cc1ccccc1NS(=O)(=O)c1ccc(C)c(C(=O)Nc2ccc(-n3ccnc3)nc2)c1. The highest BCUT2D eigenvalue weighted by Crippen LogP contribution is 2.22. The molecule has 2 aromatic carbocycles. The lowest BCUT2D eigenvalue weighted by Crippen LogP contribution is -2.17. The van der Waals surface area contributed by atoms with Gasteiger partial charge in [-0.25, -0.2) is 18.4 Å². The van der Waals surface area contributed by atoms with Crippen molar-refractivity contribution < 1.29 is 13.2 Å². The van der Waals surface area contributed by atoms with Crippen LogP contribution in [-0.2, 0) is 10.0 Å². The molecule has 9 heteroatoms. The smallest absolute Gasteiger partial charge is 0.261 e. The highest BCUT2D eigenvalue weighted by molar-refractivity contribution is 7.92. The highest BCUT2D eigenvalue weighted by atomic mass is 32.2. The second-order valence-electron chi connectivity index (χ2n) is 7.23. The molecule has 0 aliphatic heterocycles. The standard InChI is InChI=1S/C23H21N5O3S/c1-16-7-9-19(32(30,31)27-21-6-4-3-5-17(21)2)13-20(16)23(29)26-18-8-10-22(25-14-18)28-12-11-24-15-28/h3-15,27H,1-2H3,(H,26,29). The Balaban J connectivity index is 1.55. The number of benzene rings is 2. The lowest BCUT2D eigenvalue weighted by molar-refractivity contribution is 0.102. The van der Waals surface area contributed by atoms with Crippen LogP contribution in [0.4, 0.5) is 11.4 Å². The van der Waals surface area contributed by atoms with Crippen molar-refractivity contribution in [3.63, 3.8) is 0 Å². The number of nitrogens with one attached hydrogen (secondary N) is 2. The van der Waals surface area contributed by atoms with Crippen LogP contribution in [0.2, 0.25) is 0 Å². The fourth-order valence-corrected chi connectivity index (χ4v) is 4.27. The Hall–Kier alpha value is -3.98. The quantitative estimate of drug-likeness (QED) is 0.466. The number of para-hydroxylation sites is 1. The molecule has 2 aromatic heterocycles. The van der Waals surface area contributed by atoms with E-state index in [2.05, 4.69) is 20.0 Å². The molecule has 0 aliphatic carbocycles. The number of pyridine rings is 1. The molecule has 0 fully saturated rings. The molecule has 32 heavy (non-hydrogen) atoms. The van der Waals surface area contributed by atoms with Gasteiger partial charge in [0.05, 0.1) is 22.5 Å². The van der Waals surface area contributed by atoms with Crippen LogP contribution in [0.3, 0.4) is 0 Å². The van der Waals surface area contributed by atoms with E-state index in [-0.39, 0.29) is 10.5 Å². The van der Waals surface area contributed by atoms with Gasteiger partial charge in [-0.2, -0.15) is 0 Å². The van der Waals surface area contributed by atoms with Gasteiger partial charge in [-0.3, -0.25) is 14.1 Å². The predicted octanol–water partition coefficient (Wildman–Crippen LogP) is 3.94. The van der Waals surface area contributed by atoms with Crippen molar-refractivity contribution in [3.8, 4) is 5.82 Å². The van der Waals surface area contributed by atoms with Crippen molar-refractivity contribution in [2.24, 2.45) is 0 Å². The van der Waals surface area contributed by atoms with Crippen LogP contribution < -0.4 is 10.0 Å². The second-order valence-corrected chi connectivity index (χ2v) is 8.91. The molecule has 0 aliphatic rings. The summed E-state index contributed by atoms with van der Waals surface area (Å²) in [5.41, 5.74) is 2.69. The third-order valence-corrected chi connectivity index (χ3v) is 6.29. The van der Waals surface area contributed by atoms with Gasteiger partial charge < -0.3 is 5.32 Å². The Morgan fingerprint density at radius 3 is 2.50 bits per heavy atom. The van der Waals surface area contributed by atoms with E-state index in [1.54, 1.807) is 60.5 Å². The zero-order chi connectivity index (χ0) is 22.7. The molecule has 4 aromatic rings. The van der Waals surface area contributed by atoms with Crippen molar-refractivity contribution in [1.82, 2.24) is 14.5 Å². The number of carbonyl (C=O) groups excluding carboxylic acids is 1. The molecule has 0 saturated heterocycles. The van der Waals surface area contributed by atoms with Crippen LogP contribution in [0.5, 0.6) is 0 Å². The summed E-state index contributed by atoms with van der Waals surface area (Å²) in [4.78, 5) is 21.2. The van der Waals surface area contributed by atoms with Crippen LogP contribution in [0.15, 0.2) is 84.4 Å². The first-order valence-corrected chi connectivity index (χ1v) is 11.3. The number of hydrogen-bond donors (Lipinski definition) is 2. The molecular weight excluding hydrogens is 426 g/mol. The van der Waals surface area contributed by atoms with E-state index >= 15 is 0 Å². The number of nitrogens with zero attached hydrogens (tertiary/aromatic N) is 3. The number of aromatic nitrogens is 3. The molecular formula is C23H21N5O3S. The van der Waals surface area contributed by atoms with Gasteiger partial charge in [-0.15, -0.1) is 0 Å². The summed E-state index contributed by atoms with van der Waals surface area (Å²) in [7, 11) is -3.86. The van der Waals surface area contributed by atoms with Crippen LogP contribution in [-0.4, -0.2) is 28.9 Å². The maximum Gasteiger partial charge on any atom is 0.261 e. The van der Waals surface area contributed by atoms with Gasteiger partial charge >= 0.3 is 0 Å². The summed E-state index contributed by atoms with van der Waals surface area (Å²) >= 11 is 0. The van der Waals surface area contributed by atoms with Crippen molar-refractivity contribution in [2.45, 2.75) is 18.7 Å². The molecule has 2 N–H and O–H groups in total. The molecule has 0 bridgehead atoms. The van der Waals surface area contributed by atoms with Gasteiger partial charge in [0.2, 0.25) is 0 Å². The minimum absolute atomic E-state index is 0.00471. The molecule has 0 saturated carbocycles. The first kappa shape index (κ1) is 21.3. The van der Waals surface area contributed by atoms with Crippen LogP contribution in [0.1, 0.15) is 21.5 Å². The van der Waals surface area contributed by atoms with Gasteiger partial charge in [-0.1, -0.05) is 24.3 Å². The van der Waals surface area contributed by atoms with E-state index in [0.29, 0.717) is 22.8 Å². The normalized spacial score (nSPS) is 11.2. The van der Waals surface area contributed by atoms with Crippen LogP contribution in [0.25, 0.3) is 5.82 Å². The zero-order valence-corrected chi connectivity index (χ0v) is 18.3. The molecule has 0 atom stereocenters. The Morgan fingerprint density at radius 1 is 1.00 bits per heavy atom. The lowest BCUT2D eigenvalue weighted by atomic mass is 10.1. The zero-order valence-electron chi connectivity index (χ0n) is 17.5. The summed E-state index contributed by atoms with van der Waals surface area (Å²) in [6, 6.07) is 15.0. The number of anilines is 2. The van der Waals surface area contributed by atoms with Crippen LogP contribution in [0, 0.1) is 13.8 Å². The average Bonchev–Trinajstić information content (AvgIpc) is 3.31. The first-order valence-electron chi connectivity index (χ1n) is 9.78. The minimum Gasteiger partial charge on any atom is -0.321 e. The molecule has 0 unspecified atom stereocenters. The van der Waals surface area contributed by atoms with Gasteiger partial charge in [0.25, 0.3) is 15.9 Å². The Labute approximate surface area is 186 Å². The van der Waals surface area contributed by atoms with Gasteiger partial charge in [0.1, 0.15) is 12.1 Å². The molecule has 8 nitrogen and oxygen atoms in total. The highest BCUT2D eigenvalue weighted by Gasteiger charge is 2.19. The fourth-order valence-electron chi connectivity index (χ4n) is 3.11. The van der Waals surface area contributed by atoms with E-state index in [1.807, 2.05) is 19.1 Å². The number of aryl methyl sites for hydroxylation is 2. The average molecular weight is 448 g/mol.